The van der Waals surface area contributed by atoms with Gasteiger partial charge in [0.25, 0.3) is 0 Å². The van der Waals surface area contributed by atoms with Crippen LogP contribution in [-0.4, -0.2) is 30.5 Å². The molecule has 21 heavy (non-hydrogen) atoms. The van der Waals surface area contributed by atoms with Crippen LogP contribution in [0.4, 0.5) is 8.78 Å². The number of likely N-dealkylation sites (N-methyl/N-ethyl adjacent to an activating group) is 1. The first kappa shape index (κ1) is 15.7. The van der Waals surface area contributed by atoms with E-state index in [1.54, 1.807) is 30.1 Å². The number of benzene rings is 1. The van der Waals surface area contributed by atoms with E-state index in [1.807, 2.05) is 13.8 Å². The van der Waals surface area contributed by atoms with Gasteiger partial charge < -0.3 is 9.64 Å². The molecule has 6 heteroatoms. The average molecular weight is 298 g/mol. The number of nitrogens with one attached hydrogen (secondary N) is 1. The minimum absolute atomic E-state index is 0.0273. The Bertz CT molecular complexity index is 508. The fourth-order valence-corrected chi connectivity index (χ4v) is 2.60. The molecule has 0 radical (unpaired) electrons. The summed E-state index contributed by atoms with van der Waals surface area (Å²) in [6.07, 6.45) is 0.258. The summed E-state index contributed by atoms with van der Waals surface area (Å²) in [5, 5.41) is 3.20. The smallest absolute Gasteiger partial charge is 0.387 e. The van der Waals surface area contributed by atoms with Crippen molar-refractivity contribution in [3.63, 3.8) is 0 Å². The Morgan fingerprint density at radius 3 is 2.62 bits per heavy atom. The first-order valence-electron chi connectivity index (χ1n) is 6.96. The first-order chi connectivity index (χ1) is 9.90. The monoisotopic (exact) mass is 298 g/mol. The molecule has 0 saturated carbocycles. The molecule has 0 bridgehead atoms. The van der Waals surface area contributed by atoms with Crippen LogP contribution < -0.4 is 10.1 Å². The summed E-state index contributed by atoms with van der Waals surface area (Å²) in [5.41, 5.74) is 0.542. The van der Waals surface area contributed by atoms with E-state index in [0.717, 1.165) is 0 Å². The third-order valence-corrected chi connectivity index (χ3v) is 3.53. The van der Waals surface area contributed by atoms with Gasteiger partial charge in [-0.15, -0.1) is 0 Å². The third kappa shape index (κ3) is 3.50. The molecule has 1 aliphatic rings. The minimum Gasteiger partial charge on any atom is -0.434 e. The summed E-state index contributed by atoms with van der Waals surface area (Å²) in [6.45, 7) is 1.19. The number of rotatable bonds is 5. The standard InChI is InChI=1S/C15H20F2N2O2/c1-9(2)8-11-14(20)19(3)13(18-11)10-6-4-5-7-12(10)21-15(16)17/h4-7,9,11,13,15,18H,8H2,1-3H3. The van der Waals surface area contributed by atoms with Crippen molar-refractivity contribution in [1.29, 1.82) is 0 Å². The molecule has 2 unspecified atom stereocenters. The largest absolute Gasteiger partial charge is 0.434 e. The predicted octanol–water partition coefficient (Wildman–Crippen LogP) is 2.76. The molecule has 0 aromatic heterocycles. The lowest BCUT2D eigenvalue weighted by Crippen LogP contribution is -2.30. The van der Waals surface area contributed by atoms with Gasteiger partial charge in [-0.1, -0.05) is 32.0 Å². The normalized spacial score (nSPS) is 22.4. The van der Waals surface area contributed by atoms with Crippen LogP contribution in [0.25, 0.3) is 0 Å². The number of carbonyl (C=O) groups excluding carboxylic acids is 1. The maximum absolute atomic E-state index is 12.5. The summed E-state index contributed by atoms with van der Waals surface area (Å²) in [7, 11) is 1.67. The Morgan fingerprint density at radius 2 is 2.00 bits per heavy atom. The summed E-state index contributed by atoms with van der Waals surface area (Å²) >= 11 is 0. The summed E-state index contributed by atoms with van der Waals surface area (Å²) in [5.74, 6) is 0.432. The highest BCUT2D eigenvalue weighted by atomic mass is 19.3. The molecule has 0 spiro atoms. The first-order valence-corrected chi connectivity index (χ1v) is 6.96. The van der Waals surface area contributed by atoms with Crippen LogP contribution in [0, 0.1) is 5.92 Å². The number of nitrogens with zero attached hydrogens (tertiary/aromatic N) is 1. The van der Waals surface area contributed by atoms with E-state index in [4.69, 9.17) is 0 Å². The van der Waals surface area contributed by atoms with Crippen LogP contribution in [0.15, 0.2) is 24.3 Å². The lowest BCUT2D eigenvalue weighted by Gasteiger charge is -2.22. The van der Waals surface area contributed by atoms with Gasteiger partial charge >= 0.3 is 6.61 Å². The number of alkyl halides is 2. The van der Waals surface area contributed by atoms with Crippen molar-refractivity contribution < 1.29 is 18.3 Å². The van der Waals surface area contributed by atoms with Crippen LogP contribution in [0.2, 0.25) is 0 Å². The molecule has 2 atom stereocenters. The molecule has 1 aliphatic heterocycles. The Balaban J connectivity index is 2.24. The molecule has 2 rings (SSSR count). The topological polar surface area (TPSA) is 41.6 Å². The van der Waals surface area contributed by atoms with E-state index in [-0.39, 0.29) is 17.7 Å². The van der Waals surface area contributed by atoms with Crippen molar-refractivity contribution in [1.82, 2.24) is 10.2 Å². The van der Waals surface area contributed by atoms with Gasteiger partial charge in [-0.05, 0) is 18.4 Å². The molecule has 1 aromatic carbocycles. The molecular formula is C15H20F2N2O2. The Hall–Kier alpha value is -1.69. The summed E-state index contributed by atoms with van der Waals surface area (Å²) < 4.78 is 29.5. The van der Waals surface area contributed by atoms with Gasteiger partial charge in [0.15, 0.2) is 0 Å². The number of halogens is 2. The van der Waals surface area contributed by atoms with Gasteiger partial charge in [-0.25, -0.2) is 0 Å². The molecule has 4 nitrogen and oxygen atoms in total. The van der Waals surface area contributed by atoms with Crippen molar-refractivity contribution in [2.45, 2.75) is 39.1 Å². The molecule has 1 aromatic rings. The van der Waals surface area contributed by atoms with E-state index in [0.29, 0.717) is 17.9 Å². The van der Waals surface area contributed by atoms with E-state index in [2.05, 4.69) is 10.1 Å². The highest BCUT2D eigenvalue weighted by molar-refractivity contribution is 5.84. The second kappa shape index (κ2) is 6.39. The predicted molar refractivity (Wildman–Crippen MR) is 75.0 cm³/mol. The van der Waals surface area contributed by atoms with E-state index < -0.39 is 12.8 Å². The third-order valence-electron chi connectivity index (χ3n) is 3.53. The maximum atomic E-state index is 12.5. The van der Waals surface area contributed by atoms with Gasteiger partial charge in [-0.3, -0.25) is 10.1 Å². The van der Waals surface area contributed by atoms with Crippen molar-refractivity contribution in [3.8, 4) is 5.75 Å². The summed E-state index contributed by atoms with van der Waals surface area (Å²) in [4.78, 5) is 13.8. The summed E-state index contributed by atoms with van der Waals surface area (Å²) in [6, 6.07) is 6.25. The van der Waals surface area contributed by atoms with Crippen LogP contribution >= 0.6 is 0 Å². The zero-order valence-corrected chi connectivity index (χ0v) is 12.3. The lowest BCUT2D eigenvalue weighted by atomic mass is 10.0. The van der Waals surface area contributed by atoms with Crippen LogP contribution in [0.5, 0.6) is 5.75 Å². The van der Waals surface area contributed by atoms with Gasteiger partial charge in [0, 0.05) is 12.6 Å². The Kier molecular flexibility index (Phi) is 4.77. The lowest BCUT2D eigenvalue weighted by molar-refractivity contribution is -0.129. The fraction of sp³-hybridized carbons (Fsp3) is 0.533. The second-order valence-electron chi connectivity index (χ2n) is 5.62. The van der Waals surface area contributed by atoms with Crippen molar-refractivity contribution in [3.05, 3.63) is 29.8 Å². The molecule has 1 heterocycles. The Labute approximate surface area is 123 Å². The van der Waals surface area contributed by atoms with Gasteiger partial charge in [-0.2, -0.15) is 8.78 Å². The fourth-order valence-electron chi connectivity index (χ4n) is 2.60. The molecule has 1 amide bonds. The average Bonchev–Trinajstić information content (AvgIpc) is 2.66. The number of ether oxygens (including phenoxy) is 1. The van der Waals surface area contributed by atoms with Crippen molar-refractivity contribution in [2.75, 3.05) is 7.05 Å². The minimum atomic E-state index is -2.89. The molecular weight excluding hydrogens is 278 g/mol. The van der Waals surface area contributed by atoms with E-state index in [9.17, 15) is 13.6 Å². The molecule has 1 saturated heterocycles. The van der Waals surface area contributed by atoms with E-state index >= 15 is 0 Å². The molecule has 1 fully saturated rings. The van der Waals surface area contributed by atoms with Crippen LogP contribution in [0.3, 0.4) is 0 Å². The second-order valence-corrected chi connectivity index (χ2v) is 5.62. The van der Waals surface area contributed by atoms with Crippen molar-refractivity contribution >= 4 is 5.91 Å². The van der Waals surface area contributed by atoms with Crippen LogP contribution in [-0.2, 0) is 4.79 Å². The van der Waals surface area contributed by atoms with Gasteiger partial charge in [0.2, 0.25) is 5.91 Å². The zero-order valence-electron chi connectivity index (χ0n) is 12.3. The maximum Gasteiger partial charge on any atom is 0.387 e. The van der Waals surface area contributed by atoms with E-state index in [1.165, 1.54) is 6.07 Å². The number of hydrogen-bond donors (Lipinski definition) is 1. The zero-order chi connectivity index (χ0) is 15.6. The quantitative estimate of drug-likeness (QED) is 0.909. The molecule has 1 N–H and O–H groups in total. The van der Waals surface area contributed by atoms with Crippen LogP contribution in [0.1, 0.15) is 32.0 Å². The molecule has 0 aliphatic carbocycles. The van der Waals surface area contributed by atoms with Gasteiger partial charge in [0.05, 0.1) is 6.04 Å². The number of hydrogen-bond acceptors (Lipinski definition) is 3. The van der Waals surface area contributed by atoms with Crippen molar-refractivity contribution in [2.24, 2.45) is 5.92 Å². The number of carbonyl (C=O) groups is 1. The number of para-hydroxylation sites is 1. The number of amides is 1. The highest BCUT2D eigenvalue weighted by Crippen LogP contribution is 2.32. The van der Waals surface area contributed by atoms with Gasteiger partial charge in [0.1, 0.15) is 11.9 Å². The molecule has 116 valence electrons. The Morgan fingerprint density at radius 1 is 1.33 bits per heavy atom. The highest BCUT2D eigenvalue weighted by Gasteiger charge is 2.38. The SMILES string of the molecule is CC(C)CC1NC(c2ccccc2OC(F)F)N(C)C1=O.